The van der Waals surface area contributed by atoms with E-state index in [-0.39, 0.29) is 18.3 Å². The van der Waals surface area contributed by atoms with Crippen molar-refractivity contribution in [2.75, 3.05) is 27.9 Å². The minimum atomic E-state index is -0.637. The first-order valence-electron chi connectivity index (χ1n) is 6.90. The highest BCUT2D eigenvalue weighted by Crippen LogP contribution is 2.39. The Bertz CT molecular complexity index is 533. The topological polar surface area (TPSA) is 82.8 Å². The Morgan fingerprint density at radius 3 is 2.32 bits per heavy atom. The van der Waals surface area contributed by atoms with E-state index < -0.39 is 5.54 Å². The molecule has 1 aromatic carbocycles. The monoisotopic (exact) mass is 330 g/mol. The first kappa shape index (κ1) is 18.4. The number of benzene rings is 1. The van der Waals surface area contributed by atoms with Gasteiger partial charge in [-0.2, -0.15) is 0 Å². The van der Waals surface area contributed by atoms with Crippen LogP contribution in [0.2, 0.25) is 0 Å². The van der Waals surface area contributed by atoms with Crippen molar-refractivity contribution in [3.63, 3.8) is 0 Å². The maximum Gasteiger partial charge on any atom is 0.240 e. The summed E-state index contributed by atoms with van der Waals surface area (Å²) in [6.07, 6.45) is 2.16. The number of methoxy groups -OCH3 is 3. The first-order valence-corrected chi connectivity index (χ1v) is 6.90. The van der Waals surface area contributed by atoms with E-state index in [1.165, 1.54) is 0 Å². The smallest absolute Gasteiger partial charge is 0.240 e. The minimum absolute atomic E-state index is 0. The minimum Gasteiger partial charge on any atom is -0.493 e. The number of carbonyl (C=O) groups excluding carboxylic acids is 1. The average Bonchev–Trinajstić information content (AvgIpc) is 3.25. The van der Waals surface area contributed by atoms with Crippen LogP contribution in [0.3, 0.4) is 0 Å². The molecule has 0 heterocycles. The van der Waals surface area contributed by atoms with Crippen LogP contribution in [0, 0.1) is 0 Å². The molecule has 22 heavy (non-hydrogen) atoms. The molecule has 0 spiro atoms. The molecule has 6 nitrogen and oxygen atoms in total. The third kappa shape index (κ3) is 3.75. The normalized spacial score (nSPS) is 14.5. The van der Waals surface area contributed by atoms with Gasteiger partial charge in [-0.15, -0.1) is 12.4 Å². The molecule has 1 aliphatic rings. The predicted octanol–water partition coefficient (Wildman–Crippen LogP) is 1.28. The van der Waals surface area contributed by atoms with Gasteiger partial charge < -0.3 is 25.3 Å². The molecule has 0 radical (unpaired) electrons. The van der Waals surface area contributed by atoms with Crippen molar-refractivity contribution >= 4 is 18.3 Å². The van der Waals surface area contributed by atoms with Crippen molar-refractivity contribution in [1.82, 2.24) is 5.32 Å². The van der Waals surface area contributed by atoms with Crippen molar-refractivity contribution < 1.29 is 19.0 Å². The van der Waals surface area contributed by atoms with Crippen molar-refractivity contribution in [3.05, 3.63) is 17.7 Å². The summed E-state index contributed by atoms with van der Waals surface area (Å²) < 4.78 is 16.0. The van der Waals surface area contributed by atoms with E-state index in [9.17, 15) is 4.79 Å². The van der Waals surface area contributed by atoms with Crippen molar-refractivity contribution in [3.8, 4) is 17.2 Å². The molecule has 0 saturated heterocycles. The van der Waals surface area contributed by atoms with Gasteiger partial charge >= 0.3 is 0 Å². The number of hydrogen-bond donors (Lipinski definition) is 2. The van der Waals surface area contributed by atoms with Gasteiger partial charge in [0.2, 0.25) is 11.7 Å². The molecule has 2 rings (SSSR count). The lowest BCUT2D eigenvalue weighted by Crippen LogP contribution is -2.43. The Labute approximate surface area is 136 Å². The summed E-state index contributed by atoms with van der Waals surface area (Å²) in [6, 6.07) is 3.73. The van der Waals surface area contributed by atoms with Crippen LogP contribution in [0.1, 0.15) is 18.4 Å². The number of ether oxygens (including phenoxy) is 3. The fourth-order valence-electron chi connectivity index (χ4n) is 2.21. The fraction of sp³-hybridized carbons (Fsp3) is 0.533. The second kappa shape index (κ2) is 7.56. The summed E-state index contributed by atoms with van der Waals surface area (Å²) in [5.41, 5.74) is 6.14. The van der Waals surface area contributed by atoms with Crippen molar-refractivity contribution in [1.29, 1.82) is 0 Å². The van der Waals surface area contributed by atoms with Crippen LogP contribution in [0.5, 0.6) is 17.2 Å². The highest BCUT2D eigenvalue weighted by atomic mass is 35.5. The predicted molar refractivity (Wildman–Crippen MR) is 86.2 cm³/mol. The molecule has 1 amide bonds. The van der Waals surface area contributed by atoms with E-state index in [1.54, 1.807) is 21.3 Å². The number of nitrogens with two attached hydrogens (primary N) is 1. The van der Waals surface area contributed by atoms with Crippen LogP contribution >= 0.6 is 12.4 Å². The SMILES string of the molecule is COc1ccc(CCNC(=O)C2(N)CC2)c(OC)c1OC.Cl. The zero-order chi connectivity index (χ0) is 15.5. The average molecular weight is 331 g/mol. The van der Waals surface area contributed by atoms with Crippen LogP contribution in [0.4, 0.5) is 0 Å². The van der Waals surface area contributed by atoms with E-state index in [0.717, 1.165) is 18.4 Å². The van der Waals surface area contributed by atoms with Gasteiger partial charge in [-0.05, 0) is 25.3 Å². The summed E-state index contributed by atoms with van der Waals surface area (Å²) >= 11 is 0. The van der Waals surface area contributed by atoms with Crippen LogP contribution in [0.25, 0.3) is 0 Å². The first-order chi connectivity index (χ1) is 10.1. The quantitative estimate of drug-likeness (QED) is 0.787. The van der Waals surface area contributed by atoms with Gasteiger partial charge in [0.05, 0.1) is 26.9 Å². The second-order valence-electron chi connectivity index (χ2n) is 5.16. The number of rotatable bonds is 7. The number of amides is 1. The molecule has 3 N–H and O–H groups in total. The Morgan fingerprint density at radius 2 is 1.82 bits per heavy atom. The maximum atomic E-state index is 11.8. The maximum absolute atomic E-state index is 11.8. The number of nitrogens with one attached hydrogen (secondary N) is 1. The zero-order valence-corrected chi connectivity index (χ0v) is 13.9. The van der Waals surface area contributed by atoms with E-state index in [0.29, 0.717) is 30.2 Å². The lowest BCUT2D eigenvalue weighted by Gasteiger charge is -2.16. The summed E-state index contributed by atoms with van der Waals surface area (Å²) in [5, 5.41) is 2.86. The third-order valence-electron chi connectivity index (χ3n) is 3.71. The van der Waals surface area contributed by atoms with Gasteiger partial charge in [0.15, 0.2) is 11.5 Å². The molecule has 0 aliphatic heterocycles. The van der Waals surface area contributed by atoms with Gasteiger partial charge in [0.1, 0.15) is 0 Å². The molecule has 0 unspecified atom stereocenters. The Morgan fingerprint density at radius 1 is 1.18 bits per heavy atom. The van der Waals surface area contributed by atoms with Gasteiger partial charge in [0.25, 0.3) is 0 Å². The second-order valence-corrected chi connectivity index (χ2v) is 5.16. The highest BCUT2D eigenvalue weighted by molar-refractivity contribution is 5.88. The molecule has 1 fully saturated rings. The van der Waals surface area contributed by atoms with Gasteiger partial charge in [-0.25, -0.2) is 0 Å². The molecular formula is C15H23ClN2O4. The van der Waals surface area contributed by atoms with E-state index >= 15 is 0 Å². The van der Waals surface area contributed by atoms with Crippen LogP contribution in [0.15, 0.2) is 12.1 Å². The largest absolute Gasteiger partial charge is 0.493 e. The lowest BCUT2D eigenvalue weighted by atomic mass is 10.1. The third-order valence-corrected chi connectivity index (χ3v) is 3.71. The van der Waals surface area contributed by atoms with E-state index in [1.807, 2.05) is 12.1 Å². The Kier molecular flexibility index (Phi) is 6.32. The number of halogens is 1. The van der Waals surface area contributed by atoms with Crippen molar-refractivity contribution in [2.24, 2.45) is 5.73 Å². The molecule has 1 aliphatic carbocycles. The molecular weight excluding hydrogens is 308 g/mol. The molecule has 7 heteroatoms. The summed E-state index contributed by atoms with van der Waals surface area (Å²) in [6.45, 7) is 0.504. The summed E-state index contributed by atoms with van der Waals surface area (Å²) in [7, 11) is 4.73. The van der Waals surface area contributed by atoms with Crippen LogP contribution in [-0.2, 0) is 11.2 Å². The van der Waals surface area contributed by atoms with Crippen molar-refractivity contribution in [2.45, 2.75) is 24.8 Å². The lowest BCUT2D eigenvalue weighted by molar-refractivity contribution is -0.123. The molecule has 1 aromatic rings. The molecule has 0 atom stereocenters. The number of hydrogen-bond acceptors (Lipinski definition) is 5. The van der Waals surface area contributed by atoms with Crippen LogP contribution < -0.4 is 25.3 Å². The summed E-state index contributed by atoms with van der Waals surface area (Å²) in [4.78, 5) is 11.8. The molecule has 0 bridgehead atoms. The zero-order valence-electron chi connectivity index (χ0n) is 13.1. The fourth-order valence-corrected chi connectivity index (χ4v) is 2.21. The Hall–Kier alpha value is -1.66. The molecule has 1 saturated carbocycles. The summed E-state index contributed by atoms with van der Waals surface area (Å²) in [5.74, 6) is 1.71. The van der Waals surface area contributed by atoms with Gasteiger partial charge in [-0.1, -0.05) is 6.07 Å². The highest BCUT2D eigenvalue weighted by Gasteiger charge is 2.45. The van der Waals surface area contributed by atoms with Gasteiger partial charge in [0, 0.05) is 12.1 Å². The molecule has 124 valence electrons. The Balaban J connectivity index is 0.00000242. The van der Waals surface area contributed by atoms with E-state index in [2.05, 4.69) is 5.32 Å². The standard InChI is InChI=1S/C15H22N2O4.ClH/c1-19-11-5-4-10(12(20-2)13(11)21-3)6-9-17-14(18)15(16)7-8-15;/h4-5H,6-9,16H2,1-3H3,(H,17,18);1H. The van der Waals surface area contributed by atoms with E-state index in [4.69, 9.17) is 19.9 Å². The van der Waals surface area contributed by atoms with Crippen LogP contribution in [-0.4, -0.2) is 39.3 Å². The molecule has 0 aromatic heterocycles. The number of carbonyl (C=O) groups is 1. The van der Waals surface area contributed by atoms with Gasteiger partial charge in [-0.3, -0.25) is 4.79 Å².